The van der Waals surface area contributed by atoms with Crippen LogP contribution < -0.4 is 5.32 Å². The lowest BCUT2D eigenvalue weighted by Gasteiger charge is -2.35. The number of halogens is 3. The van der Waals surface area contributed by atoms with Crippen LogP contribution in [0, 0.1) is 11.7 Å². The van der Waals surface area contributed by atoms with Crippen LogP contribution in [0.15, 0.2) is 42.5 Å². The Bertz CT molecular complexity index is 926. The molecule has 0 aliphatic carbocycles. The van der Waals surface area contributed by atoms with Crippen molar-refractivity contribution in [3.05, 3.63) is 69.5 Å². The van der Waals surface area contributed by atoms with Gasteiger partial charge in [0.05, 0.1) is 16.5 Å². The summed E-state index contributed by atoms with van der Waals surface area (Å²) < 4.78 is 13.1. The van der Waals surface area contributed by atoms with Gasteiger partial charge >= 0.3 is 0 Å². The summed E-state index contributed by atoms with van der Waals surface area (Å²) >= 11 is 12.2. The maximum absolute atomic E-state index is 13.1. The molecule has 1 saturated heterocycles. The van der Waals surface area contributed by atoms with Crippen LogP contribution in [-0.4, -0.2) is 35.8 Å². The van der Waals surface area contributed by atoms with E-state index in [9.17, 15) is 14.0 Å². The average Bonchev–Trinajstić information content (AvgIpc) is 2.75. The minimum Gasteiger partial charge on any atom is -0.344 e. The number of hydrogen-bond acceptors (Lipinski definition) is 2. The van der Waals surface area contributed by atoms with Crippen molar-refractivity contribution in [2.24, 2.45) is 5.92 Å². The van der Waals surface area contributed by atoms with Gasteiger partial charge in [-0.15, -0.1) is 0 Å². The zero-order valence-electron chi connectivity index (χ0n) is 17.7. The summed E-state index contributed by atoms with van der Waals surface area (Å²) in [6.07, 6.45) is 1.77. The van der Waals surface area contributed by atoms with E-state index in [0.29, 0.717) is 34.6 Å². The molecule has 0 unspecified atom stereocenters. The number of amides is 2. The van der Waals surface area contributed by atoms with Crippen LogP contribution in [0.3, 0.4) is 0 Å². The number of piperidine rings is 1. The Morgan fingerprint density at radius 2 is 1.71 bits per heavy atom. The molecular weight excluding hydrogens is 438 g/mol. The van der Waals surface area contributed by atoms with Crippen LogP contribution in [-0.2, 0) is 16.0 Å². The third kappa shape index (κ3) is 6.20. The Hall–Kier alpha value is -2.11. The molecule has 0 saturated carbocycles. The molecule has 2 aromatic carbocycles. The highest BCUT2D eigenvalue weighted by molar-refractivity contribution is 6.42. The number of nitrogens with one attached hydrogen (secondary N) is 1. The number of rotatable bonds is 6. The van der Waals surface area contributed by atoms with E-state index in [4.69, 9.17) is 23.2 Å². The second-order valence-electron chi connectivity index (χ2n) is 8.37. The van der Waals surface area contributed by atoms with E-state index in [1.807, 2.05) is 36.9 Å². The summed E-state index contributed by atoms with van der Waals surface area (Å²) in [6, 6.07) is 10.9. The van der Waals surface area contributed by atoms with Gasteiger partial charge in [-0.2, -0.15) is 0 Å². The maximum Gasteiger partial charge on any atom is 0.245 e. The van der Waals surface area contributed by atoms with Crippen LogP contribution in [0.5, 0.6) is 0 Å². The van der Waals surface area contributed by atoms with Gasteiger partial charge in [-0.25, -0.2) is 4.39 Å². The molecule has 1 N–H and O–H groups in total. The van der Waals surface area contributed by atoms with Gasteiger partial charge in [-0.05, 0) is 60.1 Å². The first-order chi connectivity index (χ1) is 14.7. The van der Waals surface area contributed by atoms with E-state index in [-0.39, 0.29) is 30.0 Å². The molecule has 2 amide bonds. The Balaban J connectivity index is 1.58. The number of likely N-dealkylation sites (tertiary alicyclic amines) is 1. The molecule has 1 aliphatic rings. The molecule has 0 radical (unpaired) electrons. The largest absolute Gasteiger partial charge is 0.344 e. The lowest BCUT2D eigenvalue weighted by atomic mass is 9.89. The molecular formula is C24H27Cl2FN2O2. The molecule has 1 aliphatic heterocycles. The SMILES string of the molecule is CC(C)[C@@H](NC(=O)Cc1ccc(F)cc1)C(=O)N1CCC(c2ccc(Cl)c(Cl)c2)CC1. The monoisotopic (exact) mass is 464 g/mol. The summed E-state index contributed by atoms with van der Waals surface area (Å²) in [7, 11) is 0. The summed E-state index contributed by atoms with van der Waals surface area (Å²) in [6.45, 7) is 5.09. The predicted molar refractivity (Wildman–Crippen MR) is 122 cm³/mol. The van der Waals surface area contributed by atoms with Gasteiger partial charge in [-0.3, -0.25) is 9.59 Å². The molecule has 1 heterocycles. The molecule has 166 valence electrons. The van der Waals surface area contributed by atoms with E-state index in [1.165, 1.54) is 12.1 Å². The number of hydrogen-bond donors (Lipinski definition) is 1. The highest BCUT2D eigenvalue weighted by Gasteiger charge is 2.31. The van der Waals surface area contributed by atoms with Crippen LogP contribution >= 0.6 is 23.2 Å². The minimum atomic E-state index is -0.588. The molecule has 0 bridgehead atoms. The van der Waals surface area contributed by atoms with Crippen molar-refractivity contribution in [3.8, 4) is 0 Å². The van der Waals surface area contributed by atoms with Gasteiger partial charge in [-0.1, -0.05) is 55.2 Å². The third-order valence-corrected chi connectivity index (χ3v) is 6.49. The van der Waals surface area contributed by atoms with Gasteiger partial charge in [0.25, 0.3) is 0 Å². The van der Waals surface area contributed by atoms with Crippen molar-refractivity contribution in [2.75, 3.05) is 13.1 Å². The lowest BCUT2D eigenvalue weighted by molar-refractivity contribution is -0.138. The van der Waals surface area contributed by atoms with Crippen LogP contribution in [0.1, 0.15) is 43.7 Å². The van der Waals surface area contributed by atoms with Crippen molar-refractivity contribution >= 4 is 35.0 Å². The Morgan fingerprint density at radius 3 is 2.29 bits per heavy atom. The highest BCUT2D eigenvalue weighted by atomic mass is 35.5. The van der Waals surface area contributed by atoms with Gasteiger partial charge in [0.2, 0.25) is 11.8 Å². The standard InChI is InChI=1S/C24H27Cl2FN2O2/c1-15(2)23(28-22(30)13-16-3-6-19(27)7-4-16)24(31)29-11-9-17(10-12-29)18-5-8-20(25)21(26)14-18/h3-8,14-15,17,23H,9-13H2,1-2H3,(H,28,30)/t23-/m1/s1. The number of benzene rings is 2. The van der Waals surface area contributed by atoms with E-state index < -0.39 is 6.04 Å². The maximum atomic E-state index is 13.1. The predicted octanol–water partition coefficient (Wildman–Crippen LogP) is 5.22. The second-order valence-corrected chi connectivity index (χ2v) is 9.18. The smallest absolute Gasteiger partial charge is 0.245 e. The van der Waals surface area contributed by atoms with Crippen molar-refractivity contribution in [1.82, 2.24) is 10.2 Å². The first-order valence-corrected chi connectivity index (χ1v) is 11.3. The van der Waals surface area contributed by atoms with E-state index in [2.05, 4.69) is 5.32 Å². The number of carbonyl (C=O) groups excluding carboxylic acids is 2. The quantitative estimate of drug-likeness (QED) is 0.636. The summed E-state index contributed by atoms with van der Waals surface area (Å²) in [4.78, 5) is 27.5. The molecule has 1 atom stereocenters. The summed E-state index contributed by atoms with van der Waals surface area (Å²) in [5.74, 6) is -0.370. The van der Waals surface area contributed by atoms with Gasteiger partial charge in [0.1, 0.15) is 11.9 Å². The lowest BCUT2D eigenvalue weighted by Crippen LogP contribution is -2.53. The van der Waals surface area contributed by atoms with E-state index >= 15 is 0 Å². The van der Waals surface area contributed by atoms with Crippen LogP contribution in [0.4, 0.5) is 4.39 Å². The molecule has 7 heteroatoms. The van der Waals surface area contributed by atoms with Crippen molar-refractivity contribution in [2.45, 2.75) is 45.1 Å². The number of carbonyl (C=O) groups is 2. The zero-order valence-corrected chi connectivity index (χ0v) is 19.2. The van der Waals surface area contributed by atoms with Crippen LogP contribution in [0.25, 0.3) is 0 Å². The first kappa shape index (κ1) is 23.6. The second kappa shape index (κ2) is 10.5. The van der Waals surface area contributed by atoms with Crippen molar-refractivity contribution < 1.29 is 14.0 Å². The fourth-order valence-electron chi connectivity index (χ4n) is 3.92. The van der Waals surface area contributed by atoms with Crippen LogP contribution in [0.2, 0.25) is 10.0 Å². The molecule has 3 rings (SSSR count). The normalized spacial score (nSPS) is 15.7. The van der Waals surface area contributed by atoms with E-state index in [1.54, 1.807) is 12.1 Å². The Labute approximate surface area is 192 Å². The topological polar surface area (TPSA) is 49.4 Å². The average molecular weight is 465 g/mol. The molecule has 31 heavy (non-hydrogen) atoms. The van der Waals surface area contributed by atoms with Gasteiger partial charge in [0.15, 0.2) is 0 Å². The minimum absolute atomic E-state index is 0.0440. The highest BCUT2D eigenvalue weighted by Crippen LogP contribution is 2.32. The van der Waals surface area contributed by atoms with Gasteiger partial charge in [0, 0.05) is 13.1 Å². The Morgan fingerprint density at radius 1 is 1.06 bits per heavy atom. The third-order valence-electron chi connectivity index (χ3n) is 5.75. The molecule has 1 fully saturated rings. The Kier molecular flexibility index (Phi) is 7.95. The fourth-order valence-corrected chi connectivity index (χ4v) is 4.23. The fraction of sp³-hybridized carbons (Fsp3) is 0.417. The van der Waals surface area contributed by atoms with Crippen molar-refractivity contribution in [1.29, 1.82) is 0 Å². The number of nitrogens with zero attached hydrogens (tertiary/aromatic N) is 1. The molecule has 0 aromatic heterocycles. The molecule has 2 aromatic rings. The van der Waals surface area contributed by atoms with E-state index in [0.717, 1.165) is 18.4 Å². The summed E-state index contributed by atoms with van der Waals surface area (Å²) in [5, 5.41) is 3.96. The summed E-state index contributed by atoms with van der Waals surface area (Å²) in [5.41, 5.74) is 1.84. The van der Waals surface area contributed by atoms with Crippen molar-refractivity contribution in [3.63, 3.8) is 0 Å². The zero-order chi connectivity index (χ0) is 22.5. The molecule has 0 spiro atoms. The van der Waals surface area contributed by atoms with Gasteiger partial charge < -0.3 is 10.2 Å². The molecule has 4 nitrogen and oxygen atoms in total. The first-order valence-electron chi connectivity index (χ1n) is 10.5.